The lowest BCUT2D eigenvalue weighted by Crippen LogP contribution is -2.39. The Morgan fingerprint density at radius 1 is 1.28 bits per heavy atom. The van der Waals surface area contributed by atoms with Gasteiger partial charge in [0, 0.05) is 43.4 Å². The Kier molecular flexibility index (Phi) is 5.50. The zero-order valence-electron chi connectivity index (χ0n) is 16.2. The van der Waals surface area contributed by atoms with E-state index >= 15 is 0 Å². The number of amides is 1. The van der Waals surface area contributed by atoms with Gasteiger partial charge in [0.2, 0.25) is 5.91 Å². The van der Waals surface area contributed by atoms with Gasteiger partial charge in [0.25, 0.3) is 0 Å². The molecule has 29 heavy (non-hydrogen) atoms. The summed E-state index contributed by atoms with van der Waals surface area (Å²) in [5.74, 6) is 1.11. The molecule has 2 aromatic heterocycles. The molecule has 0 bridgehead atoms. The number of hydrogen-bond acceptors (Lipinski definition) is 5. The number of nitrogens with zero attached hydrogens (tertiary/aromatic N) is 4. The van der Waals surface area contributed by atoms with Crippen LogP contribution in [0.15, 0.2) is 42.6 Å². The molecule has 7 nitrogen and oxygen atoms in total. The van der Waals surface area contributed by atoms with E-state index in [9.17, 15) is 9.18 Å². The van der Waals surface area contributed by atoms with E-state index in [-0.39, 0.29) is 17.6 Å². The summed E-state index contributed by atoms with van der Waals surface area (Å²) >= 11 is 0. The van der Waals surface area contributed by atoms with Gasteiger partial charge >= 0.3 is 0 Å². The van der Waals surface area contributed by atoms with Crippen LogP contribution < -0.4 is 5.32 Å². The number of piperidine rings is 1. The number of likely N-dealkylation sites (tertiary alicyclic amines) is 1. The molecule has 0 aliphatic carbocycles. The summed E-state index contributed by atoms with van der Waals surface area (Å²) in [5.41, 5.74) is 1.98. The van der Waals surface area contributed by atoms with Crippen LogP contribution in [0.1, 0.15) is 37.9 Å². The van der Waals surface area contributed by atoms with E-state index in [2.05, 4.69) is 15.5 Å². The van der Waals surface area contributed by atoms with Crippen LogP contribution in [0.5, 0.6) is 0 Å². The van der Waals surface area contributed by atoms with E-state index in [1.54, 1.807) is 24.4 Å². The fourth-order valence-electron chi connectivity index (χ4n) is 3.60. The van der Waals surface area contributed by atoms with Gasteiger partial charge in [0.05, 0.1) is 5.69 Å². The highest BCUT2D eigenvalue weighted by atomic mass is 19.1. The van der Waals surface area contributed by atoms with Crippen LogP contribution >= 0.6 is 0 Å². The molecule has 1 aliphatic heterocycles. The molecule has 1 aromatic carbocycles. The molecule has 0 radical (unpaired) electrons. The Hall–Kier alpha value is -3.29. The van der Waals surface area contributed by atoms with Crippen molar-refractivity contribution < 1.29 is 9.18 Å². The predicted octanol–water partition coefficient (Wildman–Crippen LogP) is 3.87. The fraction of sp³-hybridized carbons (Fsp3) is 0.333. The van der Waals surface area contributed by atoms with Crippen LogP contribution in [0.2, 0.25) is 0 Å². The predicted molar refractivity (Wildman–Crippen MR) is 108 cm³/mol. The van der Waals surface area contributed by atoms with Gasteiger partial charge in [-0.1, -0.05) is 13.0 Å². The van der Waals surface area contributed by atoms with Crippen molar-refractivity contribution in [3.8, 4) is 11.4 Å². The van der Waals surface area contributed by atoms with Crippen molar-refractivity contribution in [3.05, 3.63) is 54.2 Å². The first-order valence-electron chi connectivity index (χ1n) is 9.82. The van der Waals surface area contributed by atoms with Crippen molar-refractivity contribution in [3.63, 3.8) is 0 Å². The lowest BCUT2D eigenvalue weighted by atomic mass is 9.96. The Labute approximate surface area is 168 Å². The second kappa shape index (κ2) is 8.38. The van der Waals surface area contributed by atoms with E-state index in [1.807, 2.05) is 17.9 Å². The number of nitrogens with one attached hydrogen (secondary N) is 2. The molecule has 150 valence electrons. The van der Waals surface area contributed by atoms with Crippen LogP contribution in [0.3, 0.4) is 0 Å². The molecule has 2 N–H and O–H groups in total. The summed E-state index contributed by atoms with van der Waals surface area (Å²) in [7, 11) is 0. The third kappa shape index (κ3) is 4.42. The minimum atomic E-state index is -0.321. The largest absolute Gasteiger partial charge is 0.342 e. The number of hydrogen-bond donors (Lipinski definition) is 2. The second-order valence-electron chi connectivity index (χ2n) is 7.12. The van der Waals surface area contributed by atoms with Crippen molar-refractivity contribution in [2.24, 2.45) is 0 Å². The van der Waals surface area contributed by atoms with Crippen LogP contribution in [0.4, 0.5) is 15.9 Å². The van der Waals surface area contributed by atoms with E-state index < -0.39 is 0 Å². The second-order valence-corrected chi connectivity index (χ2v) is 7.12. The standard InChI is InChI=1S/C21H23FN6O/c1-2-20(29)28-10-4-5-14(13-28)21-25-18(17-8-9-23-27-17)12-19(26-21)24-16-7-3-6-15(22)11-16/h3,6-9,11-12,14H,2,4-5,10,13H2,1H3,(H,23,27)(H,24,25,26). The molecule has 8 heteroatoms. The molecule has 4 rings (SSSR count). The van der Waals surface area contributed by atoms with Gasteiger partial charge in [-0.3, -0.25) is 9.89 Å². The van der Waals surface area contributed by atoms with Crippen molar-refractivity contribution in [1.29, 1.82) is 0 Å². The number of aromatic nitrogens is 4. The van der Waals surface area contributed by atoms with Gasteiger partial charge < -0.3 is 10.2 Å². The quantitative estimate of drug-likeness (QED) is 0.686. The summed E-state index contributed by atoms with van der Waals surface area (Å²) in [4.78, 5) is 23.5. The van der Waals surface area contributed by atoms with Gasteiger partial charge in [-0.25, -0.2) is 14.4 Å². The third-order valence-electron chi connectivity index (χ3n) is 5.05. The SMILES string of the molecule is CCC(=O)N1CCCC(c2nc(Nc3cccc(F)c3)cc(-c3cc[nH]n3)n2)C1. The van der Waals surface area contributed by atoms with E-state index in [0.717, 1.165) is 19.4 Å². The van der Waals surface area contributed by atoms with E-state index in [0.29, 0.717) is 41.7 Å². The lowest BCUT2D eigenvalue weighted by molar-refractivity contribution is -0.132. The smallest absolute Gasteiger partial charge is 0.222 e. The molecular formula is C21H23FN6O. The molecule has 1 unspecified atom stereocenters. The first kappa shape index (κ1) is 19.0. The van der Waals surface area contributed by atoms with Gasteiger partial charge in [0.1, 0.15) is 23.2 Å². The normalized spacial score (nSPS) is 16.6. The third-order valence-corrected chi connectivity index (χ3v) is 5.05. The fourth-order valence-corrected chi connectivity index (χ4v) is 3.60. The highest BCUT2D eigenvalue weighted by molar-refractivity contribution is 5.76. The first-order chi connectivity index (χ1) is 14.1. The van der Waals surface area contributed by atoms with Gasteiger partial charge in [-0.15, -0.1) is 0 Å². The summed E-state index contributed by atoms with van der Waals surface area (Å²) in [6.07, 6.45) is 4.06. The molecule has 3 aromatic rings. The topological polar surface area (TPSA) is 86.8 Å². The minimum absolute atomic E-state index is 0.0474. The highest BCUT2D eigenvalue weighted by Gasteiger charge is 2.26. The number of H-pyrrole nitrogens is 1. The molecule has 1 fully saturated rings. The number of aromatic amines is 1. The number of benzene rings is 1. The van der Waals surface area contributed by atoms with Crippen LogP contribution in [-0.4, -0.2) is 44.1 Å². The molecule has 1 atom stereocenters. The molecule has 0 saturated carbocycles. The molecule has 0 spiro atoms. The number of halogens is 1. The van der Waals surface area contributed by atoms with Crippen molar-refractivity contribution in [1.82, 2.24) is 25.1 Å². The number of carbonyl (C=O) groups excluding carboxylic acids is 1. The highest BCUT2D eigenvalue weighted by Crippen LogP contribution is 2.29. The Morgan fingerprint density at radius 2 is 2.17 bits per heavy atom. The summed E-state index contributed by atoms with van der Waals surface area (Å²) in [5, 5.41) is 10.2. The Morgan fingerprint density at radius 3 is 2.93 bits per heavy atom. The maximum atomic E-state index is 13.6. The van der Waals surface area contributed by atoms with Crippen molar-refractivity contribution in [2.45, 2.75) is 32.1 Å². The molecular weight excluding hydrogens is 371 g/mol. The Balaban J connectivity index is 1.67. The average Bonchev–Trinajstić information content (AvgIpc) is 3.28. The first-order valence-corrected chi connectivity index (χ1v) is 9.82. The zero-order valence-corrected chi connectivity index (χ0v) is 16.2. The number of anilines is 2. The monoisotopic (exact) mass is 394 g/mol. The summed E-state index contributed by atoms with van der Waals surface area (Å²) in [6, 6.07) is 9.87. The maximum absolute atomic E-state index is 13.6. The number of carbonyl (C=O) groups is 1. The number of rotatable bonds is 5. The molecule has 3 heterocycles. The van der Waals surface area contributed by atoms with E-state index in [1.165, 1.54) is 12.1 Å². The molecule has 1 amide bonds. The van der Waals surface area contributed by atoms with Crippen LogP contribution in [-0.2, 0) is 4.79 Å². The van der Waals surface area contributed by atoms with Gasteiger partial charge in [-0.2, -0.15) is 5.10 Å². The van der Waals surface area contributed by atoms with Crippen molar-refractivity contribution in [2.75, 3.05) is 18.4 Å². The summed E-state index contributed by atoms with van der Waals surface area (Å²) < 4.78 is 13.6. The minimum Gasteiger partial charge on any atom is -0.342 e. The van der Waals surface area contributed by atoms with Crippen LogP contribution in [0.25, 0.3) is 11.4 Å². The molecule has 1 aliphatic rings. The zero-order chi connectivity index (χ0) is 20.2. The van der Waals surface area contributed by atoms with Crippen LogP contribution in [0, 0.1) is 5.82 Å². The molecule has 1 saturated heterocycles. The van der Waals surface area contributed by atoms with Gasteiger partial charge in [0.15, 0.2) is 0 Å². The van der Waals surface area contributed by atoms with Crippen molar-refractivity contribution >= 4 is 17.4 Å². The Bertz CT molecular complexity index is 991. The lowest BCUT2D eigenvalue weighted by Gasteiger charge is -2.32. The van der Waals surface area contributed by atoms with Gasteiger partial charge in [-0.05, 0) is 37.1 Å². The average molecular weight is 394 g/mol. The summed E-state index contributed by atoms with van der Waals surface area (Å²) in [6.45, 7) is 3.26. The maximum Gasteiger partial charge on any atom is 0.222 e. The van der Waals surface area contributed by atoms with E-state index in [4.69, 9.17) is 9.97 Å².